The molecule has 0 heterocycles. The number of benzene rings is 1. The van der Waals surface area contributed by atoms with E-state index in [1.807, 2.05) is 30.3 Å². The van der Waals surface area contributed by atoms with Gasteiger partial charge in [-0.3, -0.25) is 4.79 Å². The molecule has 2 N–H and O–H groups in total. The Morgan fingerprint density at radius 2 is 1.86 bits per heavy atom. The van der Waals surface area contributed by atoms with Crippen molar-refractivity contribution in [2.75, 3.05) is 5.75 Å². The molecule has 2 unspecified atom stereocenters. The molecule has 0 aliphatic heterocycles. The van der Waals surface area contributed by atoms with Crippen molar-refractivity contribution in [3.8, 4) is 0 Å². The van der Waals surface area contributed by atoms with E-state index in [4.69, 9.17) is 0 Å². The summed E-state index contributed by atoms with van der Waals surface area (Å²) >= 11 is 0. The van der Waals surface area contributed by atoms with Gasteiger partial charge >= 0.3 is 5.97 Å². The first kappa shape index (κ1) is 16.0. The van der Waals surface area contributed by atoms with E-state index in [0.717, 1.165) is 18.4 Å². The fourth-order valence-corrected chi connectivity index (χ4v) is 4.12. The predicted molar refractivity (Wildman–Crippen MR) is 80.5 cm³/mol. The first-order valence-electron chi connectivity index (χ1n) is 7.25. The van der Waals surface area contributed by atoms with Gasteiger partial charge in [0, 0.05) is 6.04 Å². The van der Waals surface area contributed by atoms with Gasteiger partial charge in [-0.05, 0) is 24.8 Å². The van der Waals surface area contributed by atoms with Gasteiger partial charge in [-0.2, -0.15) is 0 Å². The third kappa shape index (κ3) is 4.82. The summed E-state index contributed by atoms with van der Waals surface area (Å²) in [4.78, 5) is 11.2. The zero-order valence-corrected chi connectivity index (χ0v) is 12.7. The SMILES string of the molecule is O=C(O)C1CCCCC1NS(=O)(=O)CCc1ccccc1. The minimum Gasteiger partial charge on any atom is -0.481 e. The molecule has 116 valence electrons. The molecule has 0 saturated heterocycles. The van der Waals surface area contributed by atoms with Gasteiger partial charge < -0.3 is 5.11 Å². The van der Waals surface area contributed by atoms with Crippen LogP contribution >= 0.6 is 0 Å². The van der Waals surface area contributed by atoms with Crippen LogP contribution < -0.4 is 4.72 Å². The van der Waals surface area contributed by atoms with Gasteiger partial charge in [-0.25, -0.2) is 13.1 Å². The largest absolute Gasteiger partial charge is 0.481 e. The molecular formula is C15H21NO4S. The van der Waals surface area contributed by atoms with Gasteiger partial charge in [0.25, 0.3) is 0 Å². The molecule has 0 radical (unpaired) electrons. The van der Waals surface area contributed by atoms with Gasteiger partial charge in [0.2, 0.25) is 10.0 Å². The molecule has 1 aliphatic rings. The number of hydrogen-bond donors (Lipinski definition) is 2. The predicted octanol–water partition coefficient (Wildman–Crippen LogP) is 1.79. The van der Waals surface area contributed by atoms with E-state index >= 15 is 0 Å². The van der Waals surface area contributed by atoms with Crippen LogP contribution in [0.2, 0.25) is 0 Å². The molecule has 1 saturated carbocycles. The second-order valence-corrected chi connectivity index (χ2v) is 7.38. The Labute approximate surface area is 125 Å². The van der Waals surface area contributed by atoms with Crippen molar-refractivity contribution in [2.45, 2.75) is 38.1 Å². The third-order valence-corrected chi connectivity index (χ3v) is 5.32. The van der Waals surface area contributed by atoms with Crippen molar-refractivity contribution >= 4 is 16.0 Å². The molecule has 0 spiro atoms. The summed E-state index contributed by atoms with van der Waals surface area (Å²) in [6.45, 7) is 0. The van der Waals surface area contributed by atoms with Crippen LogP contribution in [0.3, 0.4) is 0 Å². The van der Waals surface area contributed by atoms with Gasteiger partial charge in [-0.15, -0.1) is 0 Å². The highest BCUT2D eigenvalue weighted by Gasteiger charge is 2.33. The number of nitrogens with one attached hydrogen (secondary N) is 1. The van der Waals surface area contributed by atoms with Crippen LogP contribution in [0.25, 0.3) is 0 Å². The molecule has 5 nitrogen and oxygen atoms in total. The highest BCUT2D eigenvalue weighted by Crippen LogP contribution is 2.25. The van der Waals surface area contributed by atoms with Crippen molar-refractivity contribution in [2.24, 2.45) is 5.92 Å². The Morgan fingerprint density at radius 3 is 2.52 bits per heavy atom. The van der Waals surface area contributed by atoms with Crippen LogP contribution in [-0.2, 0) is 21.2 Å². The number of aliphatic carboxylic acids is 1. The monoisotopic (exact) mass is 311 g/mol. The summed E-state index contributed by atoms with van der Waals surface area (Å²) in [5, 5.41) is 9.18. The van der Waals surface area contributed by atoms with Crippen molar-refractivity contribution in [3.63, 3.8) is 0 Å². The van der Waals surface area contributed by atoms with E-state index in [1.165, 1.54) is 0 Å². The van der Waals surface area contributed by atoms with Gasteiger partial charge in [0.05, 0.1) is 11.7 Å². The number of sulfonamides is 1. The fourth-order valence-electron chi connectivity index (χ4n) is 2.75. The third-order valence-electron chi connectivity index (χ3n) is 3.92. The lowest BCUT2D eigenvalue weighted by molar-refractivity contribution is -0.143. The maximum absolute atomic E-state index is 12.1. The first-order valence-corrected chi connectivity index (χ1v) is 8.90. The molecule has 6 heteroatoms. The summed E-state index contributed by atoms with van der Waals surface area (Å²) in [5.41, 5.74) is 0.960. The number of aryl methyl sites for hydroxylation is 1. The standard InChI is InChI=1S/C15H21NO4S/c17-15(18)13-8-4-5-9-14(13)16-21(19,20)11-10-12-6-2-1-3-7-12/h1-3,6-7,13-14,16H,4-5,8-11H2,(H,17,18). The van der Waals surface area contributed by atoms with E-state index in [9.17, 15) is 18.3 Å². The Balaban J connectivity index is 1.94. The highest BCUT2D eigenvalue weighted by atomic mass is 32.2. The molecule has 1 aromatic carbocycles. The molecule has 21 heavy (non-hydrogen) atoms. The van der Waals surface area contributed by atoms with Crippen molar-refractivity contribution in [3.05, 3.63) is 35.9 Å². The molecule has 1 aliphatic carbocycles. The van der Waals surface area contributed by atoms with Crippen LogP contribution in [0.1, 0.15) is 31.2 Å². The van der Waals surface area contributed by atoms with Crippen molar-refractivity contribution in [1.29, 1.82) is 0 Å². The summed E-state index contributed by atoms with van der Waals surface area (Å²) in [6.07, 6.45) is 3.29. The second kappa shape index (κ2) is 7.04. The lowest BCUT2D eigenvalue weighted by atomic mass is 9.85. The maximum atomic E-state index is 12.1. The Kier molecular flexibility index (Phi) is 5.36. The van der Waals surface area contributed by atoms with Crippen LogP contribution in [0.5, 0.6) is 0 Å². The van der Waals surface area contributed by atoms with E-state index in [0.29, 0.717) is 19.3 Å². The molecule has 1 fully saturated rings. The maximum Gasteiger partial charge on any atom is 0.308 e. The van der Waals surface area contributed by atoms with Crippen LogP contribution in [0.15, 0.2) is 30.3 Å². The average Bonchev–Trinajstić information content (AvgIpc) is 2.46. The summed E-state index contributed by atoms with van der Waals surface area (Å²) in [5.74, 6) is -1.53. The van der Waals surface area contributed by atoms with Crippen molar-refractivity contribution in [1.82, 2.24) is 4.72 Å². The normalized spacial score (nSPS) is 22.9. The van der Waals surface area contributed by atoms with Crippen LogP contribution in [-0.4, -0.2) is 31.3 Å². The lowest BCUT2D eigenvalue weighted by Gasteiger charge is -2.29. The average molecular weight is 311 g/mol. The summed E-state index contributed by atoms with van der Waals surface area (Å²) in [6, 6.07) is 8.92. The molecule has 2 atom stereocenters. The first-order chi connectivity index (χ1) is 9.98. The number of rotatable bonds is 6. The van der Waals surface area contributed by atoms with Crippen molar-refractivity contribution < 1.29 is 18.3 Å². The lowest BCUT2D eigenvalue weighted by Crippen LogP contribution is -2.45. The zero-order chi connectivity index (χ0) is 15.3. The molecule has 0 bridgehead atoms. The molecular weight excluding hydrogens is 290 g/mol. The second-order valence-electron chi connectivity index (χ2n) is 5.51. The zero-order valence-electron chi connectivity index (χ0n) is 11.9. The quantitative estimate of drug-likeness (QED) is 0.839. The summed E-state index contributed by atoms with van der Waals surface area (Å²) in [7, 11) is -3.46. The minimum atomic E-state index is -3.46. The highest BCUT2D eigenvalue weighted by molar-refractivity contribution is 7.89. The topological polar surface area (TPSA) is 83.5 Å². The Bertz CT molecular complexity index is 571. The minimum absolute atomic E-state index is 0.0140. The van der Waals surface area contributed by atoms with E-state index in [1.54, 1.807) is 0 Å². The van der Waals surface area contributed by atoms with Gasteiger partial charge in [-0.1, -0.05) is 43.2 Å². The Morgan fingerprint density at radius 1 is 1.19 bits per heavy atom. The molecule has 2 rings (SSSR count). The van der Waals surface area contributed by atoms with Crippen LogP contribution in [0.4, 0.5) is 0 Å². The molecule has 1 aromatic rings. The number of hydrogen-bond acceptors (Lipinski definition) is 3. The number of carboxylic acids is 1. The molecule has 0 aromatic heterocycles. The van der Waals surface area contributed by atoms with Gasteiger partial charge in [0.1, 0.15) is 0 Å². The Hall–Kier alpha value is -1.40. The smallest absolute Gasteiger partial charge is 0.308 e. The van der Waals surface area contributed by atoms with Crippen LogP contribution in [0, 0.1) is 5.92 Å². The van der Waals surface area contributed by atoms with E-state index in [-0.39, 0.29) is 5.75 Å². The van der Waals surface area contributed by atoms with E-state index < -0.39 is 28.0 Å². The van der Waals surface area contributed by atoms with E-state index in [2.05, 4.69) is 4.72 Å². The number of carboxylic acid groups (broad SMARTS) is 1. The van der Waals surface area contributed by atoms with Gasteiger partial charge in [0.15, 0.2) is 0 Å². The summed E-state index contributed by atoms with van der Waals surface area (Å²) < 4.78 is 26.9. The fraction of sp³-hybridized carbons (Fsp3) is 0.533. The number of carbonyl (C=O) groups is 1. The molecule has 0 amide bonds.